The first-order valence-corrected chi connectivity index (χ1v) is 11.0. The van der Waals surface area contributed by atoms with E-state index in [0.717, 1.165) is 29.5 Å². The summed E-state index contributed by atoms with van der Waals surface area (Å²) < 4.78 is 15.8. The lowest BCUT2D eigenvalue weighted by atomic mass is 9.82. The highest BCUT2D eigenvalue weighted by molar-refractivity contribution is 6.32. The van der Waals surface area contributed by atoms with Gasteiger partial charge in [-0.3, -0.25) is 9.51 Å². The van der Waals surface area contributed by atoms with E-state index in [9.17, 15) is 4.79 Å². The number of nitrogens with zero attached hydrogens (tertiary/aromatic N) is 4. The molecule has 33 heavy (non-hydrogen) atoms. The van der Waals surface area contributed by atoms with Crippen molar-refractivity contribution >= 4 is 11.6 Å². The van der Waals surface area contributed by atoms with Crippen molar-refractivity contribution in [2.75, 3.05) is 0 Å². The van der Waals surface area contributed by atoms with E-state index >= 15 is 0 Å². The summed E-state index contributed by atoms with van der Waals surface area (Å²) in [5.41, 5.74) is 4.41. The molecule has 0 fully saturated rings. The Morgan fingerprint density at radius 3 is 2.76 bits per heavy atom. The van der Waals surface area contributed by atoms with Crippen molar-refractivity contribution in [3.63, 3.8) is 0 Å². The Morgan fingerprint density at radius 1 is 1.24 bits per heavy atom. The molecule has 0 bridgehead atoms. The monoisotopic (exact) mass is 467 g/mol. The molecule has 0 saturated carbocycles. The van der Waals surface area contributed by atoms with Crippen molar-refractivity contribution in [3.05, 3.63) is 62.5 Å². The number of ether oxygens (including phenoxy) is 1. The highest BCUT2D eigenvalue weighted by Crippen LogP contribution is 2.45. The van der Waals surface area contributed by atoms with Crippen LogP contribution in [0.25, 0.3) is 22.8 Å². The van der Waals surface area contributed by atoms with E-state index in [1.54, 1.807) is 12.3 Å². The lowest BCUT2D eigenvalue weighted by Crippen LogP contribution is -2.22. The molecule has 10 heteroatoms. The molecule has 1 atom stereocenters. The van der Waals surface area contributed by atoms with Crippen LogP contribution in [0.15, 0.2) is 38.2 Å². The van der Waals surface area contributed by atoms with Gasteiger partial charge in [-0.05, 0) is 63.3 Å². The molecule has 170 valence electrons. The summed E-state index contributed by atoms with van der Waals surface area (Å²) in [7, 11) is 0. The Balaban J connectivity index is 1.48. The summed E-state index contributed by atoms with van der Waals surface area (Å²) in [6, 6.07) is 5.70. The molecule has 4 aromatic rings. The van der Waals surface area contributed by atoms with Gasteiger partial charge >= 0.3 is 5.76 Å². The zero-order valence-corrected chi connectivity index (χ0v) is 19.4. The van der Waals surface area contributed by atoms with Crippen molar-refractivity contribution in [2.45, 2.75) is 52.1 Å². The minimum atomic E-state index is -0.550. The lowest BCUT2D eigenvalue weighted by Gasteiger charge is -2.22. The fourth-order valence-electron chi connectivity index (χ4n) is 4.36. The van der Waals surface area contributed by atoms with Gasteiger partial charge in [-0.25, -0.2) is 9.78 Å². The number of hydrogen-bond acceptors (Lipinski definition) is 8. The molecule has 0 aliphatic heterocycles. The molecule has 3 heterocycles. The number of hydrogen-bond donors (Lipinski definition) is 1. The third-order valence-corrected chi connectivity index (χ3v) is 6.37. The van der Waals surface area contributed by atoms with Gasteiger partial charge < -0.3 is 9.26 Å². The number of rotatable bonds is 5. The van der Waals surface area contributed by atoms with Crippen LogP contribution in [-0.4, -0.2) is 31.4 Å². The summed E-state index contributed by atoms with van der Waals surface area (Å²) in [4.78, 5) is 23.0. The van der Waals surface area contributed by atoms with Gasteiger partial charge in [-0.15, -0.1) is 0 Å². The van der Waals surface area contributed by atoms with E-state index in [-0.39, 0.29) is 6.10 Å². The number of benzene rings is 1. The van der Waals surface area contributed by atoms with Crippen LogP contribution in [0.2, 0.25) is 5.02 Å². The first-order valence-electron chi connectivity index (χ1n) is 10.6. The molecule has 5 rings (SSSR count). The average molecular weight is 468 g/mol. The van der Waals surface area contributed by atoms with Gasteiger partial charge in [0, 0.05) is 11.8 Å². The Bertz CT molecular complexity index is 1410. The Labute approximate surface area is 194 Å². The fourth-order valence-corrected chi connectivity index (χ4v) is 4.58. The third kappa shape index (κ3) is 3.62. The van der Waals surface area contributed by atoms with Crippen LogP contribution in [0.5, 0.6) is 5.88 Å². The second-order valence-corrected chi connectivity index (χ2v) is 9.05. The van der Waals surface area contributed by atoms with Crippen LogP contribution in [0, 0.1) is 6.92 Å². The number of pyridine rings is 1. The number of aromatic amines is 1. The van der Waals surface area contributed by atoms with Gasteiger partial charge in [0.1, 0.15) is 5.02 Å². The van der Waals surface area contributed by atoms with E-state index in [4.69, 9.17) is 25.4 Å². The maximum absolute atomic E-state index is 11.5. The van der Waals surface area contributed by atoms with Gasteiger partial charge in [0.05, 0.1) is 17.1 Å². The molecule has 0 spiro atoms. The largest absolute Gasteiger partial charge is 0.474 e. The van der Waals surface area contributed by atoms with Crippen molar-refractivity contribution in [1.29, 1.82) is 0 Å². The van der Waals surface area contributed by atoms with E-state index < -0.39 is 11.2 Å². The van der Waals surface area contributed by atoms with Crippen LogP contribution < -0.4 is 10.5 Å². The fraction of sp³-hybridized carbons (Fsp3) is 0.348. The minimum absolute atomic E-state index is 0.0370. The van der Waals surface area contributed by atoms with Crippen LogP contribution in [0.3, 0.4) is 0 Å². The van der Waals surface area contributed by atoms with Crippen LogP contribution in [0.4, 0.5) is 0 Å². The summed E-state index contributed by atoms with van der Waals surface area (Å²) in [6.07, 6.45) is 3.20. The normalized spacial score (nSPS) is 17.5. The SMILES string of the molecule is Cc1c(-c2noc(-c3cnc(OC(C)C)c(Cl)c3)n2)ccc2c1CC[C@]2(C)c1noc(=O)[nH]1. The predicted molar refractivity (Wildman–Crippen MR) is 120 cm³/mol. The summed E-state index contributed by atoms with van der Waals surface area (Å²) in [6.45, 7) is 7.91. The zero-order chi connectivity index (χ0) is 23.3. The number of nitrogens with one attached hydrogen (secondary N) is 1. The Hall–Kier alpha value is -3.46. The standard InChI is InChI=1S/C23H22ClN5O4/c1-11(2)31-20-17(24)9-13(10-25-20)19-26-18(28-32-19)15-5-6-16-14(12(15)3)7-8-23(16,4)21-27-22(30)33-29-21/h5-6,9-11H,7-8H2,1-4H3,(H,27,29,30)/t23-/m0/s1. The smallest absolute Gasteiger partial charge is 0.438 e. The van der Waals surface area contributed by atoms with Gasteiger partial charge in [-0.2, -0.15) is 4.98 Å². The van der Waals surface area contributed by atoms with Gasteiger partial charge in [0.15, 0.2) is 5.82 Å². The summed E-state index contributed by atoms with van der Waals surface area (Å²) >= 11 is 6.30. The van der Waals surface area contributed by atoms with E-state index in [1.807, 2.05) is 32.9 Å². The number of fused-ring (bicyclic) bond motifs is 1. The van der Waals surface area contributed by atoms with Crippen LogP contribution >= 0.6 is 11.6 Å². The van der Waals surface area contributed by atoms with Crippen molar-refractivity contribution in [3.8, 4) is 28.7 Å². The van der Waals surface area contributed by atoms with E-state index in [2.05, 4.69) is 32.2 Å². The number of H-pyrrole nitrogens is 1. The van der Waals surface area contributed by atoms with E-state index in [1.165, 1.54) is 5.56 Å². The second kappa shape index (κ2) is 7.84. The molecule has 1 aliphatic rings. The first-order chi connectivity index (χ1) is 15.8. The Morgan fingerprint density at radius 2 is 2.06 bits per heavy atom. The quantitative estimate of drug-likeness (QED) is 0.456. The van der Waals surface area contributed by atoms with Crippen LogP contribution in [0.1, 0.15) is 49.7 Å². The highest BCUT2D eigenvalue weighted by atomic mass is 35.5. The molecule has 0 radical (unpaired) electrons. The zero-order valence-electron chi connectivity index (χ0n) is 18.6. The van der Waals surface area contributed by atoms with Gasteiger partial charge in [0.25, 0.3) is 5.89 Å². The van der Waals surface area contributed by atoms with Crippen molar-refractivity contribution in [2.24, 2.45) is 0 Å². The molecule has 1 aliphatic carbocycles. The number of aromatic nitrogens is 5. The van der Waals surface area contributed by atoms with Crippen molar-refractivity contribution < 1.29 is 13.8 Å². The second-order valence-electron chi connectivity index (χ2n) is 8.64. The molecule has 1 aromatic carbocycles. The average Bonchev–Trinajstić information content (AvgIpc) is 3.50. The molecule has 0 unspecified atom stereocenters. The molecule has 9 nitrogen and oxygen atoms in total. The lowest BCUT2D eigenvalue weighted by molar-refractivity contribution is 0.233. The molecule has 3 aromatic heterocycles. The van der Waals surface area contributed by atoms with Gasteiger partial charge in [0.2, 0.25) is 11.7 Å². The molecule has 0 saturated heterocycles. The first kappa shape index (κ1) is 21.4. The van der Waals surface area contributed by atoms with Crippen LogP contribution in [-0.2, 0) is 11.8 Å². The molecule has 0 amide bonds. The van der Waals surface area contributed by atoms with Crippen molar-refractivity contribution in [1.82, 2.24) is 25.3 Å². The molecular formula is C23H22ClN5O4. The minimum Gasteiger partial charge on any atom is -0.474 e. The topological polar surface area (TPSA) is 120 Å². The highest BCUT2D eigenvalue weighted by Gasteiger charge is 2.40. The number of halogens is 1. The maximum atomic E-state index is 11.5. The Kier molecular flexibility index (Phi) is 5.08. The molecule has 1 N–H and O–H groups in total. The summed E-state index contributed by atoms with van der Waals surface area (Å²) in [5, 5.41) is 8.50. The maximum Gasteiger partial charge on any atom is 0.438 e. The molecular weight excluding hydrogens is 446 g/mol. The van der Waals surface area contributed by atoms with Gasteiger partial charge in [-0.1, -0.05) is 34.0 Å². The predicted octanol–water partition coefficient (Wildman–Crippen LogP) is 4.48. The summed E-state index contributed by atoms with van der Waals surface area (Å²) in [5.74, 6) is 1.15. The third-order valence-electron chi connectivity index (χ3n) is 6.10. The van der Waals surface area contributed by atoms with E-state index in [0.29, 0.717) is 34.0 Å².